The van der Waals surface area contributed by atoms with Crippen molar-refractivity contribution in [2.24, 2.45) is 5.92 Å². The van der Waals surface area contributed by atoms with Gasteiger partial charge in [-0.05, 0) is 12.0 Å². The third-order valence-electron chi connectivity index (χ3n) is 3.54. The zero-order valence-corrected chi connectivity index (χ0v) is 12.0. The van der Waals surface area contributed by atoms with Crippen LogP contribution in [0.15, 0.2) is 30.3 Å². The van der Waals surface area contributed by atoms with Gasteiger partial charge in [0, 0.05) is 33.2 Å². The number of carbonyl (C=O) groups excluding carboxylic acids is 1. The average molecular weight is 279 g/mol. The molecule has 1 aliphatic heterocycles. The number of hydrogen-bond acceptors (Lipinski definition) is 4. The molecule has 0 radical (unpaired) electrons. The van der Waals surface area contributed by atoms with Gasteiger partial charge in [-0.3, -0.25) is 0 Å². The topological polar surface area (TPSA) is 48.0 Å². The number of methoxy groups -OCH3 is 2. The highest BCUT2D eigenvalue weighted by Gasteiger charge is 2.32. The minimum Gasteiger partial charge on any atom is -0.445 e. The summed E-state index contributed by atoms with van der Waals surface area (Å²) in [6.07, 6.45) is 0.330. The van der Waals surface area contributed by atoms with Gasteiger partial charge in [0.15, 0.2) is 6.29 Å². The van der Waals surface area contributed by atoms with Crippen LogP contribution < -0.4 is 0 Å². The molecule has 0 spiro atoms. The van der Waals surface area contributed by atoms with Crippen LogP contribution in [-0.2, 0) is 20.8 Å². The van der Waals surface area contributed by atoms with Crippen LogP contribution in [-0.4, -0.2) is 44.6 Å². The van der Waals surface area contributed by atoms with Gasteiger partial charge in [-0.1, -0.05) is 30.3 Å². The number of amides is 1. The molecule has 5 nitrogen and oxygen atoms in total. The minimum atomic E-state index is -0.276. The van der Waals surface area contributed by atoms with E-state index in [1.807, 2.05) is 30.3 Å². The second kappa shape index (κ2) is 7.26. The summed E-state index contributed by atoms with van der Waals surface area (Å²) in [5.41, 5.74) is 0.989. The average Bonchev–Trinajstić information content (AvgIpc) is 2.97. The van der Waals surface area contributed by atoms with Gasteiger partial charge < -0.3 is 19.1 Å². The van der Waals surface area contributed by atoms with E-state index in [0.29, 0.717) is 19.7 Å². The zero-order chi connectivity index (χ0) is 14.4. The molecule has 0 saturated carbocycles. The molecule has 1 atom stereocenters. The maximum Gasteiger partial charge on any atom is 0.410 e. The Balaban J connectivity index is 1.79. The molecule has 1 aromatic carbocycles. The number of ether oxygens (including phenoxy) is 3. The smallest absolute Gasteiger partial charge is 0.410 e. The normalized spacial score (nSPS) is 18.6. The molecule has 1 saturated heterocycles. The van der Waals surface area contributed by atoms with Crippen LogP contribution in [0.4, 0.5) is 4.79 Å². The van der Waals surface area contributed by atoms with Crippen molar-refractivity contribution < 1.29 is 19.0 Å². The van der Waals surface area contributed by atoms with Gasteiger partial charge in [0.1, 0.15) is 6.61 Å². The molecule has 1 heterocycles. The summed E-state index contributed by atoms with van der Waals surface area (Å²) in [6, 6.07) is 9.66. The monoisotopic (exact) mass is 279 g/mol. The SMILES string of the molecule is COC(OC)[C@@H]1CCN(C(=O)OCc2ccccc2)C1. The summed E-state index contributed by atoms with van der Waals surface area (Å²) in [4.78, 5) is 13.7. The molecule has 110 valence electrons. The van der Waals surface area contributed by atoms with Crippen LogP contribution in [0.25, 0.3) is 0 Å². The van der Waals surface area contributed by atoms with Crippen molar-refractivity contribution >= 4 is 6.09 Å². The van der Waals surface area contributed by atoms with Crippen LogP contribution in [0.2, 0.25) is 0 Å². The van der Waals surface area contributed by atoms with E-state index in [1.165, 1.54) is 0 Å². The predicted molar refractivity (Wildman–Crippen MR) is 74.1 cm³/mol. The number of benzene rings is 1. The van der Waals surface area contributed by atoms with Crippen molar-refractivity contribution in [1.29, 1.82) is 0 Å². The van der Waals surface area contributed by atoms with Crippen molar-refractivity contribution in [3.8, 4) is 0 Å². The van der Waals surface area contributed by atoms with Crippen molar-refractivity contribution in [3.63, 3.8) is 0 Å². The predicted octanol–water partition coefficient (Wildman–Crippen LogP) is 2.26. The number of nitrogens with zero attached hydrogens (tertiary/aromatic N) is 1. The molecule has 20 heavy (non-hydrogen) atoms. The van der Waals surface area contributed by atoms with Crippen LogP contribution in [0.5, 0.6) is 0 Å². The summed E-state index contributed by atoms with van der Waals surface area (Å²) in [7, 11) is 3.23. The Hall–Kier alpha value is -1.59. The Morgan fingerprint density at radius 1 is 1.30 bits per heavy atom. The molecule has 1 fully saturated rings. The lowest BCUT2D eigenvalue weighted by atomic mass is 10.1. The lowest BCUT2D eigenvalue weighted by molar-refractivity contribution is -0.133. The molecule has 0 unspecified atom stereocenters. The summed E-state index contributed by atoms with van der Waals surface area (Å²) in [5.74, 6) is 0.203. The zero-order valence-electron chi connectivity index (χ0n) is 12.0. The van der Waals surface area contributed by atoms with Gasteiger partial charge in [-0.2, -0.15) is 0 Å². The fraction of sp³-hybridized carbons (Fsp3) is 0.533. The van der Waals surface area contributed by atoms with E-state index >= 15 is 0 Å². The van der Waals surface area contributed by atoms with E-state index in [0.717, 1.165) is 12.0 Å². The molecule has 0 aliphatic carbocycles. The third kappa shape index (κ3) is 3.71. The Morgan fingerprint density at radius 2 is 2.00 bits per heavy atom. The Kier molecular flexibility index (Phi) is 5.38. The van der Waals surface area contributed by atoms with Gasteiger partial charge in [0.25, 0.3) is 0 Å². The van der Waals surface area contributed by atoms with Crippen LogP contribution in [0, 0.1) is 5.92 Å². The molecule has 2 rings (SSSR count). The molecule has 5 heteroatoms. The highest BCUT2D eigenvalue weighted by Crippen LogP contribution is 2.22. The largest absolute Gasteiger partial charge is 0.445 e. The van der Waals surface area contributed by atoms with E-state index in [2.05, 4.69) is 0 Å². The summed E-state index contributed by atoms with van der Waals surface area (Å²) < 4.78 is 15.8. The molecule has 0 aromatic heterocycles. The Labute approximate surface area is 119 Å². The van der Waals surface area contributed by atoms with Crippen molar-refractivity contribution in [2.75, 3.05) is 27.3 Å². The lowest BCUT2D eigenvalue weighted by Gasteiger charge is -2.21. The summed E-state index contributed by atoms with van der Waals surface area (Å²) >= 11 is 0. The fourth-order valence-electron chi connectivity index (χ4n) is 2.47. The Bertz CT molecular complexity index is 419. The molecule has 1 aromatic rings. The van der Waals surface area contributed by atoms with Gasteiger partial charge in [0.05, 0.1) is 0 Å². The van der Waals surface area contributed by atoms with Gasteiger partial charge in [-0.25, -0.2) is 4.79 Å². The second-order valence-corrected chi connectivity index (χ2v) is 4.87. The highest BCUT2D eigenvalue weighted by molar-refractivity contribution is 5.68. The van der Waals surface area contributed by atoms with E-state index in [-0.39, 0.29) is 18.3 Å². The first kappa shape index (κ1) is 14.8. The number of rotatable bonds is 5. The molecular formula is C15H21NO4. The fourth-order valence-corrected chi connectivity index (χ4v) is 2.47. The van der Waals surface area contributed by atoms with Crippen LogP contribution in [0.3, 0.4) is 0 Å². The van der Waals surface area contributed by atoms with Crippen LogP contribution >= 0.6 is 0 Å². The van der Waals surface area contributed by atoms with E-state index < -0.39 is 0 Å². The van der Waals surface area contributed by atoms with E-state index in [4.69, 9.17) is 14.2 Å². The maximum atomic E-state index is 12.0. The van der Waals surface area contributed by atoms with E-state index in [1.54, 1.807) is 19.1 Å². The van der Waals surface area contributed by atoms with Crippen molar-refractivity contribution in [2.45, 2.75) is 19.3 Å². The third-order valence-corrected chi connectivity index (χ3v) is 3.54. The number of likely N-dealkylation sites (tertiary alicyclic amines) is 1. The lowest BCUT2D eigenvalue weighted by Crippen LogP contribution is -2.32. The summed E-state index contributed by atoms with van der Waals surface area (Å²) in [5, 5.41) is 0. The maximum absolute atomic E-state index is 12.0. The molecule has 0 N–H and O–H groups in total. The molecule has 1 aliphatic rings. The van der Waals surface area contributed by atoms with E-state index in [9.17, 15) is 4.79 Å². The number of carbonyl (C=O) groups is 1. The standard InChI is InChI=1S/C15H21NO4/c1-18-14(19-2)13-8-9-16(10-13)15(17)20-11-12-6-4-3-5-7-12/h3-7,13-14H,8-11H2,1-2H3/t13-/m1/s1. The first-order chi connectivity index (χ1) is 9.74. The van der Waals surface area contributed by atoms with Crippen molar-refractivity contribution in [3.05, 3.63) is 35.9 Å². The van der Waals surface area contributed by atoms with Crippen molar-refractivity contribution in [1.82, 2.24) is 4.90 Å². The minimum absolute atomic E-state index is 0.203. The highest BCUT2D eigenvalue weighted by atomic mass is 16.7. The molecule has 0 bridgehead atoms. The van der Waals surface area contributed by atoms with Crippen LogP contribution in [0.1, 0.15) is 12.0 Å². The summed E-state index contributed by atoms with van der Waals surface area (Å²) in [6.45, 7) is 1.60. The van der Waals surface area contributed by atoms with Gasteiger partial charge in [-0.15, -0.1) is 0 Å². The molecular weight excluding hydrogens is 258 g/mol. The van der Waals surface area contributed by atoms with Gasteiger partial charge >= 0.3 is 6.09 Å². The Morgan fingerprint density at radius 3 is 2.65 bits per heavy atom. The quantitative estimate of drug-likeness (QED) is 0.776. The first-order valence-corrected chi connectivity index (χ1v) is 6.75. The second-order valence-electron chi connectivity index (χ2n) is 4.87. The first-order valence-electron chi connectivity index (χ1n) is 6.75. The molecule has 1 amide bonds. The van der Waals surface area contributed by atoms with Gasteiger partial charge in [0.2, 0.25) is 0 Å². The number of hydrogen-bond donors (Lipinski definition) is 0.